The highest BCUT2D eigenvalue weighted by atomic mass is 16.5. The smallest absolute Gasteiger partial charge is 0.124 e. The van der Waals surface area contributed by atoms with Crippen molar-refractivity contribution in [3.8, 4) is 5.75 Å². The average Bonchev–Trinajstić information content (AvgIpc) is 2.82. The molecule has 0 heterocycles. The van der Waals surface area contributed by atoms with Crippen LogP contribution >= 0.6 is 0 Å². The van der Waals surface area contributed by atoms with Gasteiger partial charge in [0.1, 0.15) is 12.4 Å². The van der Waals surface area contributed by atoms with Gasteiger partial charge >= 0.3 is 0 Å². The molecule has 0 saturated carbocycles. The molecule has 0 unspecified atom stereocenters. The fourth-order valence-electron chi connectivity index (χ4n) is 4.44. The summed E-state index contributed by atoms with van der Waals surface area (Å²) in [4.78, 5) is 0. The van der Waals surface area contributed by atoms with Crippen LogP contribution in [0.3, 0.4) is 0 Å². The van der Waals surface area contributed by atoms with Gasteiger partial charge in [0.2, 0.25) is 0 Å². The summed E-state index contributed by atoms with van der Waals surface area (Å²) in [7, 11) is 0. The molecule has 0 saturated heterocycles. The molecule has 0 aromatic heterocycles. The summed E-state index contributed by atoms with van der Waals surface area (Å²) < 4.78 is 5.92. The van der Waals surface area contributed by atoms with Crippen LogP contribution < -0.4 is 10.1 Å². The molecule has 0 fully saturated rings. The van der Waals surface area contributed by atoms with Crippen LogP contribution in [0.4, 0.5) is 0 Å². The summed E-state index contributed by atoms with van der Waals surface area (Å²) in [5.41, 5.74) is 1.26. The van der Waals surface area contributed by atoms with Gasteiger partial charge in [-0.1, -0.05) is 133 Å². The second-order valence-electron chi connectivity index (χ2n) is 9.14. The summed E-state index contributed by atoms with van der Waals surface area (Å²) in [6.07, 6.45) is 21.5. The lowest BCUT2D eigenvalue weighted by molar-refractivity contribution is 0.358. The molecule has 0 radical (unpaired) electrons. The van der Waals surface area contributed by atoms with Gasteiger partial charge in [0.05, 0.1) is 0 Å². The van der Waals surface area contributed by atoms with Crippen molar-refractivity contribution in [3.05, 3.63) is 54.6 Å². The van der Waals surface area contributed by atoms with Gasteiger partial charge in [0.25, 0.3) is 0 Å². The Morgan fingerprint density at radius 1 is 0.750 bits per heavy atom. The molecule has 178 valence electrons. The minimum Gasteiger partial charge on any atom is -0.489 e. The van der Waals surface area contributed by atoms with E-state index in [-0.39, 0.29) is 0 Å². The van der Waals surface area contributed by atoms with Crippen LogP contribution in [-0.4, -0.2) is 13.2 Å². The van der Waals surface area contributed by atoms with Crippen LogP contribution in [-0.2, 0) is 6.54 Å². The van der Waals surface area contributed by atoms with Gasteiger partial charge in [0, 0.05) is 12.1 Å². The maximum atomic E-state index is 5.92. The molecule has 32 heavy (non-hydrogen) atoms. The predicted molar refractivity (Wildman–Crippen MR) is 142 cm³/mol. The van der Waals surface area contributed by atoms with Crippen LogP contribution in [0.15, 0.2) is 49.1 Å². The minimum atomic E-state index is 0.546. The number of nitrogens with one attached hydrogen (secondary N) is 1. The van der Waals surface area contributed by atoms with Crippen molar-refractivity contribution in [3.63, 3.8) is 0 Å². The van der Waals surface area contributed by atoms with Crippen molar-refractivity contribution in [1.29, 1.82) is 0 Å². The summed E-state index contributed by atoms with van der Waals surface area (Å²) in [5.74, 6) is 0.969. The molecule has 2 nitrogen and oxygen atoms in total. The molecule has 0 amide bonds. The number of hydrogen-bond acceptors (Lipinski definition) is 2. The first-order valence-corrected chi connectivity index (χ1v) is 13.3. The van der Waals surface area contributed by atoms with Crippen molar-refractivity contribution in [2.24, 2.45) is 0 Å². The zero-order valence-corrected chi connectivity index (χ0v) is 20.7. The predicted octanol–water partition coefficient (Wildman–Crippen LogP) is 8.98. The standard InChI is InChI=1S/C30H47NO/c1-3-5-6-7-8-9-10-11-12-13-14-15-16-19-24-31-26-29-28-21-18-17-20-27(28)22-23-30(29)32-25-4-2/h4,17-18,20-23,31H,2-3,5-16,19,24-26H2,1H3. The fourth-order valence-corrected chi connectivity index (χ4v) is 4.44. The van der Waals surface area contributed by atoms with Gasteiger partial charge < -0.3 is 10.1 Å². The molecule has 0 aliphatic carbocycles. The Kier molecular flexibility index (Phi) is 14.6. The molecule has 2 aromatic rings. The number of ether oxygens (including phenoxy) is 1. The Morgan fingerprint density at radius 2 is 1.34 bits per heavy atom. The third-order valence-corrected chi connectivity index (χ3v) is 6.36. The van der Waals surface area contributed by atoms with Gasteiger partial charge in [0.15, 0.2) is 0 Å². The third kappa shape index (κ3) is 10.7. The largest absolute Gasteiger partial charge is 0.489 e. The van der Waals surface area contributed by atoms with Crippen molar-refractivity contribution >= 4 is 10.8 Å². The normalized spacial score (nSPS) is 11.2. The Hall–Kier alpha value is -1.80. The zero-order chi connectivity index (χ0) is 22.7. The Morgan fingerprint density at radius 3 is 1.97 bits per heavy atom. The zero-order valence-electron chi connectivity index (χ0n) is 20.7. The highest BCUT2D eigenvalue weighted by molar-refractivity contribution is 5.87. The third-order valence-electron chi connectivity index (χ3n) is 6.36. The van der Waals surface area contributed by atoms with E-state index in [0.717, 1.165) is 18.8 Å². The second-order valence-corrected chi connectivity index (χ2v) is 9.14. The quantitative estimate of drug-likeness (QED) is 0.165. The van der Waals surface area contributed by atoms with E-state index in [9.17, 15) is 0 Å². The van der Waals surface area contributed by atoms with Crippen LogP contribution in [0.1, 0.15) is 102 Å². The minimum absolute atomic E-state index is 0.546. The van der Waals surface area contributed by atoms with Crippen molar-refractivity contribution in [2.75, 3.05) is 13.2 Å². The van der Waals surface area contributed by atoms with Gasteiger partial charge in [-0.2, -0.15) is 0 Å². The molecule has 0 bridgehead atoms. The summed E-state index contributed by atoms with van der Waals surface area (Å²) >= 11 is 0. The molecule has 0 aliphatic heterocycles. The maximum absolute atomic E-state index is 5.92. The van der Waals surface area contributed by atoms with Gasteiger partial charge in [-0.15, -0.1) is 0 Å². The first-order valence-electron chi connectivity index (χ1n) is 13.3. The van der Waals surface area contributed by atoms with Crippen LogP contribution in [0.2, 0.25) is 0 Å². The Balaban J connectivity index is 1.52. The Labute approximate surface area is 197 Å². The number of fused-ring (bicyclic) bond motifs is 1. The van der Waals surface area contributed by atoms with Crippen LogP contribution in [0.25, 0.3) is 10.8 Å². The van der Waals surface area contributed by atoms with E-state index in [4.69, 9.17) is 4.74 Å². The van der Waals surface area contributed by atoms with E-state index in [0.29, 0.717) is 6.61 Å². The lowest BCUT2D eigenvalue weighted by Crippen LogP contribution is -2.16. The van der Waals surface area contributed by atoms with Crippen LogP contribution in [0, 0.1) is 0 Å². The second kappa shape index (κ2) is 17.7. The lowest BCUT2D eigenvalue weighted by atomic mass is 10.0. The monoisotopic (exact) mass is 437 g/mol. The maximum Gasteiger partial charge on any atom is 0.124 e. The van der Waals surface area contributed by atoms with Crippen LogP contribution in [0.5, 0.6) is 5.75 Å². The van der Waals surface area contributed by atoms with Gasteiger partial charge in [-0.05, 0) is 29.8 Å². The lowest BCUT2D eigenvalue weighted by Gasteiger charge is -2.14. The van der Waals surface area contributed by atoms with E-state index in [1.165, 1.54) is 106 Å². The molecule has 0 aliphatic rings. The number of unbranched alkanes of at least 4 members (excludes halogenated alkanes) is 13. The highest BCUT2D eigenvalue weighted by Crippen LogP contribution is 2.28. The fraction of sp³-hybridized carbons (Fsp3) is 0.600. The van der Waals surface area contributed by atoms with Gasteiger partial charge in [-0.3, -0.25) is 0 Å². The van der Waals surface area contributed by atoms with Gasteiger partial charge in [-0.25, -0.2) is 0 Å². The van der Waals surface area contributed by atoms with Crippen molar-refractivity contribution < 1.29 is 4.74 Å². The number of hydrogen-bond donors (Lipinski definition) is 1. The van der Waals surface area contributed by atoms with E-state index < -0.39 is 0 Å². The molecule has 0 atom stereocenters. The molecular weight excluding hydrogens is 390 g/mol. The first-order chi connectivity index (χ1) is 15.9. The molecule has 1 N–H and O–H groups in total. The summed E-state index contributed by atoms with van der Waals surface area (Å²) in [5, 5.41) is 6.20. The molecule has 2 rings (SSSR count). The topological polar surface area (TPSA) is 21.3 Å². The van der Waals surface area contributed by atoms with Crippen molar-refractivity contribution in [2.45, 2.75) is 103 Å². The molecule has 2 heteroatoms. The SMILES string of the molecule is C=CCOc1ccc2ccccc2c1CNCCCCCCCCCCCCCCCC. The van der Waals surface area contributed by atoms with E-state index in [1.807, 2.05) is 0 Å². The van der Waals surface area contributed by atoms with E-state index >= 15 is 0 Å². The average molecular weight is 438 g/mol. The number of benzene rings is 2. The number of rotatable bonds is 20. The molecule has 2 aromatic carbocycles. The summed E-state index contributed by atoms with van der Waals surface area (Å²) in [6, 6.07) is 12.8. The summed E-state index contributed by atoms with van der Waals surface area (Å²) in [6.45, 7) is 8.54. The first kappa shape index (κ1) is 26.5. The van der Waals surface area contributed by atoms with Crippen molar-refractivity contribution in [1.82, 2.24) is 5.32 Å². The highest BCUT2D eigenvalue weighted by Gasteiger charge is 2.08. The van der Waals surface area contributed by atoms with E-state index in [2.05, 4.69) is 55.2 Å². The Bertz CT molecular complexity index is 739. The molecule has 0 spiro atoms. The molecular formula is C30H47NO. The van der Waals surface area contributed by atoms with E-state index in [1.54, 1.807) is 6.08 Å².